The summed E-state index contributed by atoms with van der Waals surface area (Å²) in [6.07, 6.45) is 0. The van der Waals surface area contributed by atoms with E-state index in [1.54, 1.807) is 13.2 Å². The zero-order valence-corrected chi connectivity index (χ0v) is 12.3. The molecule has 1 aromatic heterocycles. The van der Waals surface area contributed by atoms with Gasteiger partial charge >= 0.3 is 0 Å². The van der Waals surface area contributed by atoms with Gasteiger partial charge in [-0.15, -0.1) is 11.3 Å². The molecule has 106 valence electrons. The lowest BCUT2D eigenvalue weighted by Gasteiger charge is -2.09. The fourth-order valence-electron chi connectivity index (χ4n) is 1.78. The second kappa shape index (κ2) is 6.69. The number of thiophene rings is 1. The van der Waals surface area contributed by atoms with E-state index in [1.165, 1.54) is 23.5 Å². The van der Waals surface area contributed by atoms with Crippen LogP contribution >= 0.6 is 22.9 Å². The molecule has 0 bridgehead atoms. The number of nitrogens with one attached hydrogen (secondary N) is 1. The smallest absolute Gasteiger partial charge is 0.270 e. The van der Waals surface area contributed by atoms with Gasteiger partial charge in [0.1, 0.15) is 5.75 Å². The van der Waals surface area contributed by atoms with E-state index in [1.807, 2.05) is 12.1 Å². The predicted molar refractivity (Wildman–Crippen MR) is 79.5 cm³/mol. The molecule has 0 fully saturated rings. The second-order valence-electron chi connectivity index (χ2n) is 4.06. The maximum Gasteiger partial charge on any atom is 0.270 e. The number of hydrogen-bond acceptors (Lipinski definition) is 5. The molecule has 5 nitrogen and oxygen atoms in total. The van der Waals surface area contributed by atoms with E-state index in [9.17, 15) is 10.1 Å². The van der Waals surface area contributed by atoms with Crippen molar-refractivity contribution in [1.29, 1.82) is 0 Å². The zero-order valence-electron chi connectivity index (χ0n) is 10.8. The van der Waals surface area contributed by atoms with Crippen molar-refractivity contribution in [2.45, 2.75) is 13.1 Å². The maximum absolute atomic E-state index is 10.8. The van der Waals surface area contributed by atoms with E-state index in [-0.39, 0.29) is 5.69 Å². The molecule has 0 saturated heterocycles. The van der Waals surface area contributed by atoms with Gasteiger partial charge in [-0.1, -0.05) is 11.6 Å². The summed E-state index contributed by atoms with van der Waals surface area (Å²) in [6, 6.07) is 8.35. The number of benzene rings is 1. The Morgan fingerprint density at radius 1 is 1.35 bits per heavy atom. The zero-order chi connectivity index (χ0) is 14.5. The van der Waals surface area contributed by atoms with Gasteiger partial charge in [0.15, 0.2) is 0 Å². The molecule has 1 N–H and O–H groups in total. The van der Waals surface area contributed by atoms with Gasteiger partial charge in [-0.05, 0) is 18.2 Å². The van der Waals surface area contributed by atoms with Crippen LogP contribution < -0.4 is 10.1 Å². The van der Waals surface area contributed by atoms with Crippen LogP contribution in [0.3, 0.4) is 0 Å². The Balaban J connectivity index is 2.03. The summed E-state index contributed by atoms with van der Waals surface area (Å²) in [5.74, 6) is 0.632. The third-order valence-corrected chi connectivity index (χ3v) is 3.95. The van der Waals surface area contributed by atoms with Crippen LogP contribution in [-0.4, -0.2) is 12.0 Å². The van der Waals surface area contributed by atoms with Crippen molar-refractivity contribution in [3.63, 3.8) is 0 Å². The molecule has 0 radical (unpaired) electrons. The van der Waals surface area contributed by atoms with E-state index in [4.69, 9.17) is 16.3 Å². The lowest BCUT2D eigenvalue weighted by molar-refractivity contribution is -0.384. The number of nitrogens with zero attached hydrogens (tertiary/aromatic N) is 1. The third-order valence-electron chi connectivity index (χ3n) is 2.72. The van der Waals surface area contributed by atoms with Crippen molar-refractivity contribution in [3.05, 3.63) is 55.2 Å². The first-order valence-electron chi connectivity index (χ1n) is 5.86. The van der Waals surface area contributed by atoms with Gasteiger partial charge in [-0.3, -0.25) is 10.1 Å². The van der Waals surface area contributed by atoms with Crippen molar-refractivity contribution < 1.29 is 9.66 Å². The number of rotatable bonds is 6. The number of nitro benzene ring substituents is 1. The van der Waals surface area contributed by atoms with Crippen molar-refractivity contribution in [2.75, 3.05) is 7.11 Å². The molecular formula is C13H13ClN2O3S. The standard InChI is InChI=1S/C13H13ClN2O3S/c1-19-12-4-2-10(16(17)18)6-9(12)7-15-8-11-3-5-13(14)20-11/h2-6,15H,7-8H2,1H3. The van der Waals surface area contributed by atoms with Crippen LogP contribution in [0.4, 0.5) is 5.69 Å². The molecule has 7 heteroatoms. The fraction of sp³-hybridized carbons (Fsp3) is 0.231. The molecule has 0 aliphatic heterocycles. The summed E-state index contributed by atoms with van der Waals surface area (Å²) in [5.41, 5.74) is 0.811. The highest BCUT2D eigenvalue weighted by Crippen LogP contribution is 2.24. The summed E-state index contributed by atoms with van der Waals surface area (Å²) < 4.78 is 5.95. The average molecular weight is 313 g/mol. The predicted octanol–water partition coefficient (Wildman–Crippen LogP) is 3.61. The molecule has 0 atom stereocenters. The van der Waals surface area contributed by atoms with Crippen LogP contribution in [0, 0.1) is 10.1 Å². The van der Waals surface area contributed by atoms with E-state index >= 15 is 0 Å². The van der Waals surface area contributed by atoms with Gasteiger partial charge in [-0.25, -0.2) is 0 Å². The van der Waals surface area contributed by atoms with Crippen LogP contribution in [0.25, 0.3) is 0 Å². The molecule has 0 amide bonds. The molecule has 20 heavy (non-hydrogen) atoms. The van der Waals surface area contributed by atoms with Gasteiger partial charge in [0.2, 0.25) is 0 Å². The molecule has 0 aliphatic carbocycles. The van der Waals surface area contributed by atoms with Crippen molar-refractivity contribution >= 4 is 28.6 Å². The van der Waals surface area contributed by atoms with Gasteiger partial charge in [0, 0.05) is 35.7 Å². The molecule has 0 aliphatic rings. The van der Waals surface area contributed by atoms with Crippen molar-refractivity contribution in [1.82, 2.24) is 5.32 Å². The van der Waals surface area contributed by atoms with Crippen LogP contribution in [-0.2, 0) is 13.1 Å². The Hall–Kier alpha value is -1.63. The van der Waals surface area contributed by atoms with Crippen LogP contribution in [0.2, 0.25) is 4.34 Å². The normalized spacial score (nSPS) is 10.5. The van der Waals surface area contributed by atoms with E-state index < -0.39 is 4.92 Å². The highest BCUT2D eigenvalue weighted by Gasteiger charge is 2.11. The minimum Gasteiger partial charge on any atom is -0.496 e. The van der Waals surface area contributed by atoms with Crippen LogP contribution in [0.1, 0.15) is 10.4 Å². The lowest BCUT2D eigenvalue weighted by Crippen LogP contribution is -2.12. The van der Waals surface area contributed by atoms with Crippen LogP contribution in [0.5, 0.6) is 5.75 Å². The lowest BCUT2D eigenvalue weighted by atomic mass is 10.1. The average Bonchev–Trinajstić information content (AvgIpc) is 2.84. The number of ether oxygens (including phenoxy) is 1. The first-order chi connectivity index (χ1) is 9.60. The number of halogens is 1. The Morgan fingerprint density at radius 2 is 2.15 bits per heavy atom. The Labute approximate surface area is 125 Å². The largest absolute Gasteiger partial charge is 0.496 e. The first-order valence-corrected chi connectivity index (χ1v) is 7.06. The molecular weight excluding hydrogens is 300 g/mol. The van der Waals surface area contributed by atoms with Gasteiger partial charge in [0.25, 0.3) is 5.69 Å². The minimum atomic E-state index is -0.415. The monoisotopic (exact) mass is 312 g/mol. The minimum absolute atomic E-state index is 0.0572. The van der Waals surface area contributed by atoms with E-state index in [0.717, 1.165) is 14.8 Å². The molecule has 0 spiro atoms. The quantitative estimate of drug-likeness (QED) is 0.653. The molecule has 1 heterocycles. The molecule has 0 saturated carbocycles. The highest BCUT2D eigenvalue weighted by atomic mass is 35.5. The summed E-state index contributed by atoms with van der Waals surface area (Å²) in [5, 5.41) is 14.0. The first kappa shape index (κ1) is 14.8. The van der Waals surface area contributed by atoms with Gasteiger partial charge in [0.05, 0.1) is 16.4 Å². The Kier molecular flexibility index (Phi) is 4.94. The molecule has 0 unspecified atom stereocenters. The van der Waals surface area contributed by atoms with Crippen LogP contribution in [0.15, 0.2) is 30.3 Å². The third kappa shape index (κ3) is 3.69. The van der Waals surface area contributed by atoms with Gasteiger partial charge in [-0.2, -0.15) is 0 Å². The van der Waals surface area contributed by atoms with Gasteiger partial charge < -0.3 is 10.1 Å². The highest BCUT2D eigenvalue weighted by molar-refractivity contribution is 7.16. The maximum atomic E-state index is 10.8. The SMILES string of the molecule is COc1ccc([N+](=O)[O-])cc1CNCc1ccc(Cl)s1. The fourth-order valence-corrected chi connectivity index (χ4v) is 2.84. The van der Waals surface area contributed by atoms with Crippen molar-refractivity contribution in [2.24, 2.45) is 0 Å². The summed E-state index contributed by atoms with van der Waals surface area (Å²) >= 11 is 7.36. The molecule has 2 aromatic rings. The van der Waals surface area contributed by atoms with E-state index in [2.05, 4.69) is 5.32 Å². The molecule has 2 rings (SSSR count). The molecule has 1 aromatic carbocycles. The number of nitro groups is 1. The van der Waals surface area contributed by atoms with E-state index in [0.29, 0.717) is 18.8 Å². The summed E-state index contributed by atoms with van der Waals surface area (Å²) in [4.78, 5) is 11.5. The number of methoxy groups -OCH3 is 1. The number of non-ortho nitro benzene ring substituents is 1. The number of hydrogen-bond donors (Lipinski definition) is 1. The summed E-state index contributed by atoms with van der Waals surface area (Å²) in [7, 11) is 1.55. The second-order valence-corrected chi connectivity index (χ2v) is 5.86. The van der Waals surface area contributed by atoms with Crippen molar-refractivity contribution in [3.8, 4) is 5.75 Å². The Morgan fingerprint density at radius 3 is 2.75 bits per heavy atom. The topological polar surface area (TPSA) is 64.4 Å². The Bertz CT molecular complexity index is 615. The summed E-state index contributed by atoms with van der Waals surface area (Å²) in [6.45, 7) is 1.14.